The Morgan fingerprint density at radius 2 is 1.94 bits per heavy atom. The van der Waals surface area contributed by atoms with E-state index in [1.165, 1.54) is 4.90 Å². The second kappa shape index (κ2) is 9.21. The number of imidazole rings is 1. The third-order valence-corrected chi connectivity index (χ3v) is 6.63. The van der Waals surface area contributed by atoms with E-state index in [-0.39, 0.29) is 11.3 Å². The highest BCUT2D eigenvalue weighted by Gasteiger charge is 2.46. The number of pyridine rings is 1. The summed E-state index contributed by atoms with van der Waals surface area (Å²) in [5.41, 5.74) is 2.31. The number of aromatic nitrogens is 2. The molecule has 2 aromatic heterocycles. The molecular formula is C25H25ClN4O4. The molecule has 3 aromatic rings. The predicted octanol–water partition coefficient (Wildman–Crippen LogP) is 3.05. The van der Waals surface area contributed by atoms with Gasteiger partial charge >= 0.3 is 0 Å². The molecule has 0 aliphatic carbocycles. The monoisotopic (exact) mass is 480 g/mol. The molecule has 4 heterocycles. The number of hydrogen-bond donors (Lipinski definition) is 1. The summed E-state index contributed by atoms with van der Waals surface area (Å²) in [5.74, 6) is -1.59. The minimum Gasteiger partial charge on any atom is -0.505 e. The minimum atomic E-state index is -0.756. The van der Waals surface area contributed by atoms with Crippen LogP contribution in [0.5, 0.6) is 0 Å². The van der Waals surface area contributed by atoms with Gasteiger partial charge in [0.2, 0.25) is 0 Å². The van der Waals surface area contributed by atoms with Gasteiger partial charge in [-0.05, 0) is 36.8 Å². The number of ether oxygens (including phenoxy) is 1. The first kappa shape index (κ1) is 22.6. The predicted molar refractivity (Wildman–Crippen MR) is 128 cm³/mol. The van der Waals surface area contributed by atoms with Gasteiger partial charge in [-0.25, -0.2) is 4.98 Å². The van der Waals surface area contributed by atoms with Crippen LogP contribution in [0.4, 0.5) is 0 Å². The van der Waals surface area contributed by atoms with Gasteiger partial charge in [-0.15, -0.1) is 0 Å². The summed E-state index contributed by atoms with van der Waals surface area (Å²) in [6, 6.07) is 11.8. The van der Waals surface area contributed by atoms with Gasteiger partial charge in [0, 0.05) is 37.4 Å². The number of fused-ring (bicyclic) bond motifs is 1. The second-order valence-corrected chi connectivity index (χ2v) is 8.91. The molecule has 2 saturated heterocycles. The largest absolute Gasteiger partial charge is 0.505 e. The summed E-state index contributed by atoms with van der Waals surface area (Å²) < 4.78 is 7.13. The molecule has 9 heteroatoms. The van der Waals surface area contributed by atoms with Gasteiger partial charge in [0.25, 0.3) is 11.7 Å². The number of morpholine rings is 1. The molecule has 2 aliphatic rings. The van der Waals surface area contributed by atoms with Crippen molar-refractivity contribution in [1.82, 2.24) is 19.2 Å². The minimum absolute atomic E-state index is 0.0444. The normalized spacial score (nSPS) is 21.0. The maximum atomic E-state index is 13.3. The van der Waals surface area contributed by atoms with E-state index in [4.69, 9.17) is 16.3 Å². The van der Waals surface area contributed by atoms with E-state index < -0.39 is 17.7 Å². The average Bonchev–Trinajstić information content (AvgIpc) is 3.31. The van der Waals surface area contributed by atoms with Gasteiger partial charge in [0.1, 0.15) is 11.3 Å². The van der Waals surface area contributed by atoms with Crippen LogP contribution < -0.4 is 0 Å². The van der Waals surface area contributed by atoms with Gasteiger partial charge < -0.3 is 14.7 Å². The molecule has 2 fully saturated rings. The van der Waals surface area contributed by atoms with E-state index >= 15 is 0 Å². The molecule has 0 saturated carbocycles. The highest BCUT2D eigenvalue weighted by molar-refractivity contribution is 6.46. The van der Waals surface area contributed by atoms with Gasteiger partial charge in [-0.3, -0.25) is 18.9 Å². The Kier molecular flexibility index (Phi) is 6.12. The van der Waals surface area contributed by atoms with Crippen LogP contribution in [0.3, 0.4) is 0 Å². The molecule has 1 N–H and O–H groups in total. The van der Waals surface area contributed by atoms with Crippen LogP contribution in [-0.2, 0) is 14.3 Å². The number of Topliss-reactive ketones (excluding diaryl/α,β-unsaturated/α-hetero) is 1. The molecule has 1 aromatic carbocycles. The van der Waals surface area contributed by atoms with Crippen LogP contribution in [0.2, 0.25) is 5.02 Å². The number of aryl methyl sites for hydroxylation is 1. The smallest absolute Gasteiger partial charge is 0.295 e. The fourth-order valence-corrected chi connectivity index (χ4v) is 4.93. The lowest BCUT2D eigenvalue weighted by Gasteiger charge is -2.31. The van der Waals surface area contributed by atoms with Gasteiger partial charge in [-0.2, -0.15) is 0 Å². The number of halogens is 1. The van der Waals surface area contributed by atoms with Crippen molar-refractivity contribution in [2.24, 2.45) is 0 Å². The Morgan fingerprint density at radius 1 is 1.15 bits per heavy atom. The molecule has 0 spiro atoms. The molecule has 1 amide bonds. The number of carbonyl (C=O) groups is 2. The maximum absolute atomic E-state index is 13.3. The van der Waals surface area contributed by atoms with Crippen LogP contribution in [0.1, 0.15) is 23.0 Å². The third kappa shape index (κ3) is 3.98. The Balaban J connectivity index is 1.61. The van der Waals surface area contributed by atoms with E-state index in [0.29, 0.717) is 53.9 Å². The first-order valence-electron chi connectivity index (χ1n) is 11.2. The van der Waals surface area contributed by atoms with E-state index in [2.05, 4.69) is 9.88 Å². The van der Waals surface area contributed by atoms with Crippen molar-refractivity contribution in [1.29, 1.82) is 0 Å². The Bertz CT molecular complexity index is 1300. The number of aliphatic hydroxyl groups is 1. The molecule has 5 rings (SSSR count). The number of nitrogens with zero attached hydrogens (tertiary/aromatic N) is 4. The van der Waals surface area contributed by atoms with Crippen molar-refractivity contribution in [3.63, 3.8) is 0 Å². The molecule has 2 aliphatic heterocycles. The van der Waals surface area contributed by atoms with Crippen molar-refractivity contribution < 1.29 is 19.4 Å². The Labute approximate surface area is 202 Å². The molecule has 0 bridgehead atoms. The van der Waals surface area contributed by atoms with E-state index in [0.717, 1.165) is 13.1 Å². The summed E-state index contributed by atoms with van der Waals surface area (Å²) in [6.07, 6.45) is 1.77. The standard InChI is InChI=1S/C25H25ClN4O4/c1-16-21(29-8-3-2-7-19(29)27-16)23(31)20-22(17-5-4-6-18(26)15-17)30(25(33)24(20)32)10-9-28-11-13-34-14-12-28/h2-8,15,22,31H,9-14H2,1H3/t22-/m0/s1. The topological polar surface area (TPSA) is 87.4 Å². The van der Waals surface area contributed by atoms with E-state index in [9.17, 15) is 14.7 Å². The van der Waals surface area contributed by atoms with Gasteiger partial charge in [0.05, 0.1) is 30.5 Å². The number of likely N-dealkylation sites (tertiary alicyclic amines) is 1. The van der Waals surface area contributed by atoms with Crippen LogP contribution in [-0.4, -0.2) is 75.4 Å². The maximum Gasteiger partial charge on any atom is 0.295 e. The fourth-order valence-electron chi connectivity index (χ4n) is 4.73. The number of carbonyl (C=O) groups excluding carboxylic acids is 2. The fraction of sp³-hybridized carbons (Fsp3) is 0.320. The zero-order valence-corrected chi connectivity index (χ0v) is 19.5. The van der Waals surface area contributed by atoms with Crippen molar-refractivity contribution >= 4 is 34.7 Å². The number of benzene rings is 1. The Hall–Kier alpha value is -3.20. The van der Waals surface area contributed by atoms with Crippen molar-refractivity contribution in [2.45, 2.75) is 13.0 Å². The quantitative estimate of drug-likeness (QED) is 0.343. The van der Waals surface area contributed by atoms with Crippen molar-refractivity contribution in [3.8, 4) is 0 Å². The highest BCUT2D eigenvalue weighted by Crippen LogP contribution is 2.40. The lowest BCUT2D eigenvalue weighted by molar-refractivity contribution is -0.140. The van der Waals surface area contributed by atoms with Crippen LogP contribution in [0.15, 0.2) is 54.2 Å². The number of rotatable bonds is 5. The molecule has 1 atom stereocenters. The van der Waals surface area contributed by atoms with Gasteiger partial charge in [0.15, 0.2) is 5.76 Å². The Morgan fingerprint density at radius 3 is 2.71 bits per heavy atom. The molecule has 0 radical (unpaired) electrons. The van der Waals surface area contributed by atoms with E-state index in [1.54, 1.807) is 35.7 Å². The van der Waals surface area contributed by atoms with Crippen molar-refractivity contribution in [2.75, 3.05) is 39.4 Å². The number of ketones is 1. The van der Waals surface area contributed by atoms with Gasteiger partial charge in [-0.1, -0.05) is 29.8 Å². The summed E-state index contributed by atoms with van der Waals surface area (Å²) in [6.45, 7) is 5.53. The lowest BCUT2D eigenvalue weighted by atomic mass is 9.96. The average molecular weight is 481 g/mol. The zero-order chi connectivity index (χ0) is 23.8. The number of hydrogen-bond acceptors (Lipinski definition) is 6. The van der Waals surface area contributed by atoms with Crippen LogP contribution >= 0.6 is 11.6 Å². The second-order valence-electron chi connectivity index (χ2n) is 8.48. The lowest BCUT2D eigenvalue weighted by Crippen LogP contribution is -2.42. The molecule has 0 unspecified atom stereocenters. The molecular weight excluding hydrogens is 456 g/mol. The third-order valence-electron chi connectivity index (χ3n) is 6.39. The molecule has 34 heavy (non-hydrogen) atoms. The van der Waals surface area contributed by atoms with Crippen LogP contribution in [0, 0.1) is 6.92 Å². The van der Waals surface area contributed by atoms with Crippen LogP contribution in [0.25, 0.3) is 11.4 Å². The summed E-state index contributed by atoms with van der Waals surface area (Å²) in [5, 5.41) is 12.0. The summed E-state index contributed by atoms with van der Waals surface area (Å²) >= 11 is 6.27. The highest BCUT2D eigenvalue weighted by atomic mass is 35.5. The van der Waals surface area contributed by atoms with E-state index in [1.807, 2.05) is 24.3 Å². The first-order chi connectivity index (χ1) is 16.5. The number of amides is 1. The van der Waals surface area contributed by atoms with Crippen molar-refractivity contribution in [3.05, 3.63) is 76.2 Å². The summed E-state index contributed by atoms with van der Waals surface area (Å²) in [7, 11) is 0. The summed E-state index contributed by atoms with van der Waals surface area (Å²) in [4.78, 5) is 34.8. The number of aliphatic hydroxyl groups excluding tert-OH is 1. The molecule has 8 nitrogen and oxygen atoms in total. The molecule has 176 valence electrons. The zero-order valence-electron chi connectivity index (χ0n) is 18.8. The first-order valence-corrected chi connectivity index (χ1v) is 11.6. The SMILES string of the molecule is Cc1nc2ccccn2c1C(O)=C1C(=O)C(=O)N(CCN2CCOCC2)[C@H]1c1cccc(Cl)c1.